The van der Waals surface area contributed by atoms with E-state index in [1.54, 1.807) is 0 Å². The molecule has 1 amide bonds. The average molecular weight is 239 g/mol. The molecule has 0 aliphatic heterocycles. The molecular formula is C12H21N3O2. The van der Waals surface area contributed by atoms with E-state index < -0.39 is 5.41 Å². The van der Waals surface area contributed by atoms with Gasteiger partial charge in [0, 0.05) is 6.04 Å². The number of carbonyl (C=O) groups is 1. The number of rotatable bonds is 3. The largest absolute Gasteiger partial charge is 0.409 e. The normalized spacial score (nSPS) is 25.1. The average Bonchev–Trinajstić information content (AvgIpc) is 2.28. The van der Waals surface area contributed by atoms with E-state index in [-0.39, 0.29) is 17.8 Å². The van der Waals surface area contributed by atoms with Crippen LogP contribution in [-0.2, 0) is 4.79 Å². The van der Waals surface area contributed by atoms with Crippen LogP contribution in [0, 0.1) is 5.41 Å². The molecule has 2 saturated carbocycles. The Morgan fingerprint density at radius 3 is 2.35 bits per heavy atom. The zero-order chi connectivity index (χ0) is 12.3. The number of hydrogen-bond acceptors (Lipinski definition) is 3. The lowest BCUT2D eigenvalue weighted by Crippen LogP contribution is -2.56. The Labute approximate surface area is 101 Å². The lowest BCUT2D eigenvalue weighted by molar-refractivity contribution is -0.132. The number of amides is 1. The third-order valence-corrected chi connectivity index (χ3v) is 4.18. The molecule has 17 heavy (non-hydrogen) atoms. The first-order chi connectivity index (χ1) is 8.19. The fourth-order valence-corrected chi connectivity index (χ4v) is 2.80. The van der Waals surface area contributed by atoms with Gasteiger partial charge in [0.05, 0.1) is 0 Å². The van der Waals surface area contributed by atoms with Crippen molar-refractivity contribution in [3.05, 3.63) is 0 Å². The van der Waals surface area contributed by atoms with E-state index in [2.05, 4.69) is 10.5 Å². The number of carbonyl (C=O) groups excluding carboxylic acids is 1. The second kappa shape index (κ2) is 4.94. The van der Waals surface area contributed by atoms with Crippen LogP contribution in [0.2, 0.25) is 0 Å². The molecule has 2 rings (SSSR count). The van der Waals surface area contributed by atoms with Crippen molar-refractivity contribution >= 4 is 11.7 Å². The SMILES string of the molecule is NC(=NO)C1(C(=O)NC2CCCCC2)CCC1. The van der Waals surface area contributed by atoms with Crippen LogP contribution in [0.5, 0.6) is 0 Å². The molecule has 0 spiro atoms. The molecule has 0 aromatic carbocycles. The number of nitrogens with two attached hydrogens (primary N) is 1. The molecular weight excluding hydrogens is 218 g/mol. The quantitative estimate of drug-likeness (QED) is 0.301. The van der Waals surface area contributed by atoms with Gasteiger partial charge in [0.15, 0.2) is 5.84 Å². The van der Waals surface area contributed by atoms with E-state index in [9.17, 15) is 4.79 Å². The summed E-state index contributed by atoms with van der Waals surface area (Å²) in [5, 5.41) is 14.9. The summed E-state index contributed by atoms with van der Waals surface area (Å²) in [6.07, 6.45) is 8.09. The fourth-order valence-electron chi connectivity index (χ4n) is 2.80. The summed E-state index contributed by atoms with van der Waals surface area (Å²) < 4.78 is 0. The first-order valence-corrected chi connectivity index (χ1v) is 6.48. The van der Waals surface area contributed by atoms with Crippen molar-refractivity contribution in [2.75, 3.05) is 0 Å². The molecule has 0 heterocycles. The van der Waals surface area contributed by atoms with Crippen LogP contribution >= 0.6 is 0 Å². The summed E-state index contributed by atoms with van der Waals surface area (Å²) in [4.78, 5) is 12.2. The second-order valence-corrected chi connectivity index (χ2v) is 5.23. The summed E-state index contributed by atoms with van der Waals surface area (Å²) in [6.45, 7) is 0. The highest BCUT2D eigenvalue weighted by molar-refractivity contribution is 6.07. The Kier molecular flexibility index (Phi) is 3.54. The van der Waals surface area contributed by atoms with Gasteiger partial charge < -0.3 is 16.3 Å². The van der Waals surface area contributed by atoms with E-state index in [0.29, 0.717) is 12.8 Å². The molecule has 4 N–H and O–H groups in total. The predicted molar refractivity (Wildman–Crippen MR) is 64.7 cm³/mol. The van der Waals surface area contributed by atoms with Crippen molar-refractivity contribution in [3.63, 3.8) is 0 Å². The van der Waals surface area contributed by atoms with Crippen LogP contribution in [-0.4, -0.2) is 23.0 Å². The van der Waals surface area contributed by atoms with E-state index >= 15 is 0 Å². The highest BCUT2D eigenvalue weighted by atomic mass is 16.4. The summed E-state index contributed by atoms with van der Waals surface area (Å²) in [6, 6.07) is 0.278. The molecule has 5 nitrogen and oxygen atoms in total. The number of amidine groups is 1. The van der Waals surface area contributed by atoms with Crippen molar-refractivity contribution in [1.29, 1.82) is 0 Å². The maximum Gasteiger partial charge on any atom is 0.234 e. The van der Waals surface area contributed by atoms with E-state index in [4.69, 9.17) is 10.9 Å². The van der Waals surface area contributed by atoms with Crippen LogP contribution in [0.15, 0.2) is 5.16 Å². The first-order valence-electron chi connectivity index (χ1n) is 6.48. The molecule has 96 valence electrons. The molecule has 0 atom stereocenters. The third-order valence-electron chi connectivity index (χ3n) is 4.18. The summed E-state index contributed by atoms with van der Waals surface area (Å²) in [5.41, 5.74) is 4.93. The highest BCUT2D eigenvalue weighted by Crippen LogP contribution is 2.41. The van der Waals surface area contributed by atoms with Crippen molar-refractivity contribution in [2.45, 2.75) is 57.4 Å². The Morgan fingerprint density at radius 2 is 1.88 bits per heavy atom. The number of nitrogens with one attached hydrogen (secondary N) is 1. The van der Waals surface area contributed by atoms with Gasteiger partial charge in [-0.25, -0.2) is 0 Å². The second-order valence-electron chi connectivity index (χ2n) is 5.23. The van der Waals surface area contributed by atoms with Crippen molar-refractivity contribution in [3.8, 4) is 0 Å². The lowest BCUT2D eigenvalue weighted by Gasteiger charge is -2.40. The van der Waals surface area contributed by atoms with Gasteiger partial charge in [0.1, 0.15) is 5.41 Å². The smallest absolute Gasteiger partial charge is 0.234 e. The van der Waals surface area contributed by atoms with Crippen LogP contribution in [0.25, 0.3) is 0 Å². The molecule has 0 aromatic rings. The maximum absolute atomic E-state index is 12.2. The Bertz CT molecular complexity index is 318. The highest BCUT2D eigenvalue weighted by Gasteiger charge is 2.48. The molecule has 2 aliphatic rings. The number of nitrogens with zero attached hydrogens (tertiary/aromatic N) is 1. The van der Waals surface area contributed by atoms with Crippen LogP contribution in [0.4, 0.5) is 0 Å². The molecule has 0 aromatic heterocycles. The fraction of sp³-hybridized carbons (Fsp3) is 0.833. The molecule has 0 bridgehead atoms. The molecule has 2 fully saturated rings. The van der Waals surface area contributed by atoms with Gasteiger partial charge in [-0.2, -0.15) is 0 Å². The van der Waals surface area contributed by atoms with E-state index in [0.717, 1.165) is 19.3 Å². The van der Waals surface area contributed by atoms with Crippen LogP contribution < -0.4 is 11.1 Å². The zero-order valence-corrected chi connectivity index (χ0v) is 10.1. The maximum atomic E-state index is 12.2. The summed E-state index contributed by atoms with van der Waals surface area (Å²) >= 11 is 0. The van der Waals surface area contributed by atoms with Crippen molar-refractivity contribution in [2.24, 2.45) is 16.3 Å². The standard InChI is InChI=1S/C12H21N3O2/c13-10(15-17)12(7-4-8-12)11(16)14-9-5-2-1-3-6-9/h9,17H,1-8H2,(H2,13,15)(H,14,16). The molecule has 5 heteroatoms. The van der Waals surface area contributed by atoms with Crippen molar-refractivity contribution in [1.82, 2.24) is 5.32 Å². The van der Waals surface area contributed by atoms with Gasteiger partial charge in [-0.3, -0.25) is 4.79 Å². The van der Waals surface area contributed by atoms with Crippen LogP contribution in [0.3, 0.4) is 0 Å². The van der Waals surface area contributed by atoms with Gasteiger partial charge >= 0.3 is 0 Å². The third kappa shape index (κ3) is 2.23. The van der Waals surface area contributed by atoms with Gasteiger partial charge in [-0.05, 0) is 25.7 Å². The predicted octanol–water partition coefficient (Wildman–Crippen LogP) is 1.35. The monoisotopic (exact) mass is 239 g/mol. The van der Waals surface area contributed by atoms with Gasteiger partial charge in [-0.1, -0.05) is 30.8 Å². The molecule has 0 saturated heterocycles. The summed E-state index contributed by atoms with van der Waals surface area (Å²) in [7, 11) is 0. The zero-order valence-electron chi connectivity index (χ0n) is 10.1. The Morgan fingerprint density at radius 1 is 1.24 bits per heavy atom. The minimum atomic E-state index is -0.730. The molecule has 0 unspecified atom stereocenters. The van der Waals surface area contributed by atoms with Gasteiger partial charge in [-0.15, -0.1) is 0 Å². The Hall–Kier alpha value is -1.26. The molecule has 0 radical (unpaired) electrons. The summed E-state index contributed by atoms with van der Waals surface area (Å²) in [5.74, 6) is 0.0167. The number of hydrogen-bond donors (Lipinski definition) is 3. The Balaban J connectivity index is 1.98. The number of oxime groups is 1. The minimum absolute atomic E-state index is 0.0500. The topological polar surface area (TPSA) is 87.7 Å². The van der Waals surface area contributed by atoms with E-state index in [1.165, 1.54) is 19.3 Å². The molecule has 2 aliphatic carbocycles. The van der Waals surface area contributed by atoms with Crippen molar-refractivity contribution < 1.29 is 10.0 Å². The van der Waals surface area contributed by atoms with Crippen LogP contribution in [0.1, 0.15) is 51.4 Å². The van der Waals surface area contributed by atoms with Gasteiger partial charge in [0.2, 0.25) is 5.91 Å². The lowest BCUT2D eigenvalue weighted by atomic mass is 9.67. The van der Waals surface area contributed by atoms with Gasteiger partial charge in [0.25, 0.3) is 0 Å². The van der Waals surface area contributed by atoms with E-state index in [1.807, 2.05) is 0 Å². The first kappa shape index (κ1) is 12.2. The minimum Gasteiger partial charge on any atom is -0.409 e.